The van der Waals surface area contributed by atoms with E-state index in [2.05, 4.69) is 4.98 Å². The van der Waals surface area contributed by atoms with Crippen LogP contribution in [0.3, 0.4) is 0 Å². The molecule has 1 atom stereocenters. The van der Waals surface area contributed by atoms with Crippen LogP contribution in [0.5, 0.6) is 0 Å². The van der Waals surface area contributed by atoms with Gasteiger partial charge in [-0.15, -0.1) is 0 Å². The summed E-state index contributed by atoms with van der Waals surface area (Å²) in [7, 11) is 0. The smallest absolute Gasteiger partial charge is 0.257 e. The summed E-state index contributed by atoms with van der Waals surface area (Å²) in [4.78, 5) is 18.3. The van der Waals surface area contributed by atoms with Gasteiger partial charge in [0, 0.05) is 6.54 Å². The number of likely N-dealkylation sites (tertiary alicyclic amines) is 1. The van der Waals surface area contributed by atoms with E-state index in [0.29, 0.717) is 6.54 Å². The largest absolute Gasteiger partial charge is 0.467 e. The van der Waals surface area contributed by atoms with Gasteiger partial charge >= 0.3 is 0 Å². The van der Waals surface area contributed by atoms with Gasteiger partial charge in [-0.1, -0.05) is 36.0 Å². The summed E-state index contributed by atoms with van der Waals surface area (Å²) < 4.78 is 19.2. The van der Waals surface area contributed by atoms with Crippen LogP contribution in [0.25, 0.3) is 0 Å². The van der Waals surface area contributed by atoms with E-state index in [1.165, 1.54) is 0 Å². The van der Waals surface area contributed by atoms with Gasteiger partial charge in [-0.2, -0.15) is 0 Å². The molecule has 3 heterocycles. The Morgan fingerprint density at radius 3 is 2.87 bits per heavy atom. The molecule has 4 nitrogen and oxygen atoms in total. The highest BCUT2D eigenvalue weighted by Gasteiger charge is 2.31. The predicted molar refractivity (Wildman–Crippen MR) is 85.2 cm³/mol. The lowest BCUT2D eigenvalue weighted by Gasteiger charge is -2.29. The van der Waals surface area contributed by atoms with Crippen LogP contribution in [0.1, 0.15) is 47.8 Å². The molecule has 0 radical (unpaired) electrons. The summed E-state index contributed by atoms with van der Waals surface area (Å²) in [6, 6.07) is 4.50. The topological polar surface area (TPSA) is 46.3 Å². The third kappa shape index (κ3) is 3.35. The van der Waals surface area contributed by atoms with Crippen LogP contribution in [0.2, 0.25) is 10.3 Å². The molecule has 1 unspecified atom stereocenters. The molecule has 0 aliphatic carbocycles. The molecular weight excluding hydrogens is 342 g/mol. The Kier molecular flexibility index (Phi) is 4.87. The normalized spacial score (nSPS) is 18.7. The summed E-state index contributed by atoms with van der Waals surface area (Å²) in [6.45, 7) is 0.560. The van der Waals surface area contributed by atoms with Crippen LogP contribution < -0.4 is 0 Å². The van der Waals surface area contributed by atoms with Gasteiger partial charge in [-0.05, 0) is 31.0 Å². The maximum atomic E-state index is 13.7. The number of amides is 1. The van der Waals surface area contributed by atoms with Crippen molar-refractivity contribution in [1.29, 1.82) is 0 Å². The minimum Gasteiger partial charge on any atom is -0.467 e. The molecule has 23 heavy (non-hydrogen) atoms. The van der Waals surface area contributed by atoms with Crippen molar-refractivity contribution in [3.8, 4) is 0 Å². The maximum absolute atomic E-state index is 13.7. The second-order valence-corrected chi connectivity index (χ2v) is 6.19. The van der Waals surface area contributed by atoms with Gasteiger partial charge in [0.25, 0.3) is 5.91 Å². The standard InChI is InChI=1S/C16H15Cl2FN2O2/c17-14-10(9-11(19)15(18)20-14)16(22)21-7-3-1-2-5-12(21)13-6-4-8-23-13/h4,6,8-9,12H,1-3,5,7H2. The lowest BCUT2D eigenvalue weighted by molar-refractivity contribution is 0.0657. The van der Waals surface area contributed by atoms with E-state index >= 15 is 0 Å². The van der Waals surface area contributed by atoms with E-state index in [1.807, 2.05) is 6.07 Å². The van der Waals surface area contributed by atoms with Gasteiger partial charge in [0.1, 0.15) is 10.9 Å². The van der Waals surface area contributed by atoms with E-state index in [1.54, 1.807) is 17.2 Å². The molecule has 7 heteroatoms. The monoisotopic (exact) mass is 356 g/mol. The third-order valence-electron chi connectivity index (χ3n) is 4.00. The Morgan fingerprint density at radius 1 is 1.30 bits per heavy atom. The Hall–Kier alpha value is -1.59. The Balaban J connectivity index is 1.96. The van der Waals surface area contributed by atoms with Gasteiger partial charge in [-0.3, -0.25) is 4.79 Å². The average Bonchev–Trinajstić information content (AvgIpc) is 2.95. The van der Waals surface area contributed by atoms with Crippen LogP contribution in [-0.4, -0.2) is 22.3 Å². The number of hydrogen-bond donors (Lipinski definition) is 0. The number of pyridine rings is 1. The van der Waals surface area contributed by atoms with Crippen molar-refractivity contribution in [3.05, 3.63) is 51.9 Å². The summed E-state index contributed by atoms with van der Waals surface area (Å²) >= 11 is 11.6. The highest BCUT2D eigenvalue weighted by atomic mass is 35.5. The average molecular weight is 357 g/mol. The van der Waals surface area contributed by atoms with E-state index in [9.17, 15) is 9.18 Å². The number of rotatable bonds is 2. The van der Waals surface area contributed by atoms with Gasteiger partial charge in [-0.25, -0.2) is 9.37 Å². The SMILES string of the molecule is O=C(c1cc(F)c(Cl)nc1Cl)N1CCCCCC1c1ccco1. The molecule has 0 N–H and O–H groups in total. The fourth-order valence-electron chi connectivity index (χ4n) is 2.88. The van der Waals surface area contributed by atoms with Crippen LogP contribution in [0.4, 0.5) is 4.39 Å². The summed E-state index contributed by atoms with van der Waals surface area (Å²) in [5.41, 5.74) is 0.0204. The molecule has 0 saturated carbocycles. The molecule has 2 aromatic heterocycles. The number of halogens is 3. The van der Waals surface area contributed by atoms with E-state index in [0.717, 1.165) is 37.5 Å². The minimum atomic E-state index is -0.760. The molecule has 1 fully saturated rings. The minimum absolute atomic E-state index is 0.0204. The fraction of sp³-hybridized carbons (Fsp3) is 0.375. The number of aromatic nitrogens is 1. The quantitative estimate of drug-likeness (QED) is 0.720. The van der Waals surface area contributed by atoms with E-state index < -0.39 is 5.82 Å². The molecule has 122 valence electrons. The molecule has 0 spiro atoms. The van der Waals surface area contributed by atoms with Crippen molar-refractivity contribution >= 4 is 29.1 Å². The summed E-state index contributed by atoms with van der Waals surface area (Å²) in [6.07, 6.45) is 5.28. The molecule has 0 bridgehead atoms. The zero-order chi connectivity index (χ0) is 16.4. The van der Waals surface area contributed by atoms with Crippen molar-refractivity contribution in [2.75, 3.05) is 6.54 Å². The predicted octanol–water partition coefficient (Wildman–Crippen LogP) is 4.88. The zero-order valence-corrected chi connectivity index (χ0v) is 13.8. The number of carbonyl (C=O) groups is 1. The second kappa shape index (κ2) is 6.89. The van der Waals surface area contributed by atoms with Crippen molar-refractivity contribution in [2.24, 2.45) is 0 Å². The number of nitrogens with zero attached hydrogens (tertiary/aromatic N) is 2. The molecule has 2 aromatic rings. The van der Waals surface area contributed by atoms with Crippen LogP contribution in [0.15, 0.2) is 28.9 Å². The number of carbonyl (C=O) groups excluding carboxylic acids is 1. The van der Waals surface area contributed by atoms with Crippen LogP contribution in [-0.2, 0) is 0 Å². The zero-order valence-electron chi connectivity index (χ0n) is 12.3. The van der Waals surface area contributed by atoms with Crippen molar-refractivity contribution < 1.29 is 13.6 Å². The lowest BCUT2D eigenvalue weighted by Crippen LogP contribution is -2.35. The lowest BCUT2D eigenvalue weighted by atomic mass is 10.1. The van der Waals surface area contributed by atoms with Crippen molar-refractivity contribution in [1.82, 2.24) is 9.88 Å². The summed E-state index contributed by atoms with van der Waals surface area (Å²) in [5, 5.41) is -0.436. The van der Waals surface area contributed by atoms with Gasteiger partial charge < -0.3 is 9.32 Å². The first-order valence-electron chi connectivity index (χ1n) is 7.44. The number of hydrogen-bond acceptors (Lipinski definition) is 3. The summed E-state index contributed by atoms with van der Waals surface area (Å²) in [5.74, 6) is -0.399. The molecular formula is C16H15Cl2FN2O2. The van der Waals surface area contributed by atoms with Crippen LogP contribution in [0, 0.1) is 5.82 Å². The molecule has 1 aliphatic heterocycles. The molecule has 1 aliphatic rings. The first-order valence-corrected chi connectivity index (χ1v) is 8.19. The van der Waals surface area contributed by atoms with Gasteiger partial charge in [0.2, 0.25) is 0 Å². The molecule has 1 saturated heterocycles. The Bertz CT molecular complexity index is 706. The molecule has 1 amide bonds. The number of furan rings is 1. The maximum Gasteiger partial charge on any atom is 0.257 e. The van der Waals surface area contributed by atoms with E-state index in [-0.39, 0.29) is 27.8 Å². The third-order valence-corrected chi connectivity index (χ3v) is 4.56. The first-order chi connectivity index (χ1) is 11.1. The van der Waals surface area contributed by atoms with Crippen LogP contribution >= 0.6 is 23.2 Å². The molecule has 0 aromatic carbocycles. The highest BCUT2D eigenvalue weighted by molar-refractivity contribution is 6.34. The Morgan fingerprint density at radius 2 is 2.13 bits per heavy atom. The second-order valence-electron chi connectivity index (χ2n) is 5.48. The van der Waals surface area contributed by atoms with Gasteiger partial charge in [0.05, 0.1) is 17.9 Å². The molecule has 3 rings (SSSR count). The van der Waals surface area contributed by atoms with E-state index in [4.69, 9.17) is 27.6 Å². The van der Waals surface area contributed by atoms with Crippen molar-refractivity contribution in [3.63, 3.8) is 0 Å². The highest BCUT2D eigenvalue weighted by Crippen LogP contribution is 2.33. The van der Waals surface area contributed by atoms with Gasteiger partial charge in [0.15, 0.2) is 11.0 Å². The van der Waals surface area contributed by atoms with Crippen molar-refractivity contribution in [2.45, 2.75) is 31.7 Å². The Labute approximate surface area is 143 Å². The first kappa shape index (κ1) is 16.3. The fourth-order valence-corrected chi connectivity index (χ4v) is 3.28.